The molecule has 0 aliphatic rings. The molecule has 0 heterocycles. The molecule has 0 aliphatic heterocycles. The van der Waals surface area contributed by atoms with Crippen molar-refractivity contribution in [2.24, 2.45) is 0 Å². The average molecular weight is 695 g/mol. The maximum Gasteiger partial charge on any atom is 0.472 e. The lowest BCUT2D eigenvalue weighted by Crippen LogP contribution is -2.39. The molecule has 3 N–H and O–H groups in total. The Morgan fingerprint density at radius 3 is 1.36 bits per heavy atom. The predicted octanol–water partition coefficient (Wildman–Crippen LogP) is 9.11. The highest BCUT2D eigenvalue weighted by atomic mass is 31.2. The molecular formula is C36H71O10P. The third-order valence-electron chi connectivity index (χ3n) is 8.33. The summed E-state index contributed by atoms with van der Waals surface area (Å²) in [7, 11) is -4.65. The molecule has 10 nitrogen and oxygen atoms in total. The van der Waals surface area contributed by atoms with Crippen LogP contribution in [-0.4, -0.2) is 64.7 Å². The van der Waals surface area contributed by atoms with Crippen LogP contribution in [0.2, 0.25) is 0 Å². The summed E-state index contributed by atoms with van der Waals surface area (Å²) < 4.78 is 32.9. The van der Waals surface area contributed by atoms with E-state index in [0.717, 1.165) is 38.5 Å². The number of esters is 2. The van der Waals surface area contributed by atoms with Crippen LogP contribution in [0, 0.1) is 0 Å². The minimum atomic E-state index is -4.65. The van der Waals surface area contributed by atoms with E-state index in [-0.39, 0.29) is 19.4 Å². The average Bonchev–Trinajstić information content (AvgIpc) is 3.02. The van der Waals surface area contributed by atoms with Gasteiger partial charge in [0.1, 0.15) is 12.7 Å². The van der Waals surface area contributed by atoms with E-state index < -0.39 is 50.8 Å². The molecule has 0 aromatic rings. The number of hydrogen-bond donors (Lipinski definition) is 3. The summed E-state index contributed by atoms with van der Waals surface area (Å²) in [5, 5.41) is 19.7. The van der Waals surface area contributed by atoms with Crippen LogP contribution in [0.5, 0.6) is 0 Å². The van der Waals surface area contributed by atoms with Gasteiger partial charge in [0.25, 0.3) is 0 Å². The van der Waals surface area contributed by atoms with E-state index in [1.54, 1.807) is 0 Å². The first-order chi connectivity index (χ1) is 22.4. The van der Waals surface area contributed by atoms with Crippen molar-refractivity contribution in [2.45, 2.75) is 200 Å². The summed E-state index contributed by atoms with van der Waals surface area (Å²) >= 11 is 0. The topological polar surface area (TPSA) is 149 Å². The highest BCUT2D eigenvalue weighted by Crippen LogP contribution is 2.43. The molecule has 280 valence electrons. The SMILES string of the molecule is CCCCCCCCCCCCCC(=O)OCC(COP(=O)(O)OCC(O)C(C)(C)O)OC(=O)CCCCCCCCCCCCC. The first-order valence-electron chi connectivity index (χ1n) is 18.8. The van der Waals surface area contributed by atoms with Crippen LogP contribution in [0.15, 0.2) is 0 Å². The molecule has 0 saturated carbocycles. The maximum absolute atomic E-state index is 12.6. The molecule has 0 aromatic heterocycles. The first kappa shape index (κ1) is 46.0. The van der Waals surface area contributed by atoms with Gasteiger partial charge in [-0.15, -0.1) is 0 Å². The predicted molar refractivity (Wildman–Crippen MR) is 187 cm³/mol. The van der Waals surface area contributed by atoms with E-state index in [1.165, 1.54) is 104 Å². The van der Waals surface area contributed by atoms with E-state index >= 15 is 0 Å². The third kappa shape index (κ3) is 30.7. The van der Waals surface area contributed by atoms with Gasteiger partial charge in [0, 0.05) is 12.8 Å². The molecule has 0 aliphatic carbocycles. The Hall–Kier alpha value is -1.03. The Balaban J connectivity index is 4.52. The Morgan fingerprint density at radius 2 is 0.957 bits per heavy atom. The second kappa shape index (κ2) is 29.8. The normalized spacial score (nSPS) is 14.4. The molecule has 11 heteroatoms. The molecule has 0 spiro atoms. The number of carbonyl (C=O) groups excluding carboxylic acids is 2. The lowest BCUT2D eigenvalue weighted by atomic mass is 10.0. The van der Waals surface area contributed by atoms with Gasteiger partial charge in [-0.1, -0.05) is 142 Å². The fraction of sp³-hybridized carbons (Fsp3) is 0.944. The van der Waals surface area contributed by atoms with Crippen molar-refractivity contribution in [1.29, 1.82) is 0 Å². The van der Waals surface area contributed by atoms with Crippen molar-refractivity contribution in [3.63, 3.8) is 0 Å². The first-order valence-corrected chi connectivity index (χ1v) is 20.3. The number of unbranched alkanes of at least 4 members (excludes halogenated alkanes) is 20. The molecule has 0 bridgehead atoms. The molecule has 0 rings (SSSR count). The number of ether oxygens (including phenoxy) is 2. The monoisotopic (exact) mass is 694 g/mol. The van der Waals surface area contributed by atoms with Crippen LogP contribution in [0.4, 0.5) is 0 Å². The van der Waals surface area contributed by atoms with Crippen LogP contribution >= 0.6 is 7.82 Å². The Labute approximate surface area is 286 Å². The van der Waals surface area contributed by atoms with Gasteiger partial charge in [-0.2, -0.15) is 0 Å². The van der Waals surface area contributed by atoms with Crippen molar-refractivity contribution < 1.29 is 47.8 Å². The van der Waals surface area contributed by atoms with E-state index in [4.69, 9.17) is 18.5 Å². The van der Waals surface area contributed by atoms with E-state index in [1.807, 2.05) is 0 Å². The molecule has 47 heavy (non-hydrogen) atoms. The molecule has 0 saturated heterocycles. The van der Waals surface area contributed by atoms with Gasteiger partial charge < -0.3 is 24.6 Å². The van der Waals surface area contributed by atoms with Gasteiger partial charge in [-0.3, -0.25) is 18.6 Å². The number of phosphoric acid groups is 1. The highest BCUT2D eigenvalue weighted by Gasteiger charge is 2.31. The number of carbonyl (C=O) groups is 2. The summed E-state index contributed by atoms with van der Waals surface area (Å²) in [6.07, 6.45) is 23.5. The minimum Gasteiger partial charge on any atom is -0.462 e. The van der Waals surface area contributed by atoms with Crippen molar-refractivity contribution in [2.75, 3.05) is 19.8 Å². The van der Waals surface area contributed by atoms with Crippen LogP contribution < -0.4 is 0 Å². The maximum atomic E-state index is 12.6. The zero-order valence-electron chi connectivity index (χ0n) is 30.4. The summed E-state index contributed by atoms with van der Waals surface area (Å²) in [5.41, 5.74) is -1.55. The lowest BCUT2D eigenvalue weighted by molar-refractivity contribution is -0.161. The minimum absolute atomic E-state index is 0.186. The van der Waals surface area contributed by atoms with Crippen molar-refractivity contribution in [1.82, 2.24) is 0 Å². The zero-order chi connectivity index (χ0) is 35.2. The molecule has 0 fully saturated rings. The zero-order valence-corrected chi connectivity index (χ0v) is 31.3. The van der Waals surface area contributed by atoms with Gasteiger partial charge in [0.2, 0.25) is 0 Å². The highest BCUT2D eigenvalue weighted by molar-refractivity contribution is 7.47. The molecule has 0 radical (unpaired) electrons. The largest absolute Gasteiger partial charge is 0.472 e. The van der Waals surface area contributed by atoms with Gasteiger partial charge in [0.05, 0.1) is 18.8 Å². The van der Waals surface area contributed by atoms with Gasteiger partial charge >= 0.3 is 19.8 Å². The third-order valence-corrected chi connectivity index (χ3v) is 9.28. The summed E-state index contributed by atoms with van der Waals surface area (Å²) in [6, 6.07) is 0. The quantitative estimate of drug-likeness (QED) is 0.0338. The molecule has 0 aromatic carbocycles. The Bertz CT molecular complexity index is 801. The standard InChI is InChI=1S/C36H71O10P/c1-5-7-9-11-13-15-17-19-21-23-25-27-34(38)43-29-32(30-44-47(41,42)45-31-33(37)36(3,4)40)46-35(39)28-26-24-22-20-18-16-14-12-10-8-6-2/h32-33,37,40H,5-31H2,1-4H3,(H,41,42). The van der Waals surface area contributed by atoms with Gasteiger partial charge in [-0.25, -0.2) is 4.57 Å². The second-order valence-electron chi connectivity index (χ2n) is 13.6. The summed E-state index contributed by atoms with van der Waals surface area (Å²) in [4.78, 5) is 35.0. The van der Waals surface area contributed by atoms with Crippen LogP contribution in [-0.2, 0) is 32.7 Å². The summed E-state index contributed by atoms with van der Waals surface area (Å²) in [6.45, 7) is 5.61. The number of aliphatic hydroxyl groups is 2. The van der Waals surface area contributed by atoms with E-state index in [0.29, 0.717) is 12.8 Å². The Kier molecular flexibility index (Phi) is 29.2. The fourth-order valence-electron chi connectivity index (χ4n) is 5.07. The molecule has 0 amide bonds. The molecular weight excluding hydrogens is 623 g/mol. The smallest absolute Gasteiger partial charge is 0.462 e. The van der Waals surface area contributed by atoms with E-state index in [2.05, 4.69) is 13.8 Å². The van der Waals surface area contributed by atoms with Gasteiger partial charge in [-0.05, 0) is 26.7 Å². The lowest BCUT2D eigenvalue weighted by Gasteiger charge is -2.25. The number of rotatable bonds is 34. The van der Waals surface area contributed by atoms with E-state index in [9.17, 15) is 29.3 Å². The molecule has 3 unspecified atom stereocenters. The number of aliphatic hydroxyl groups excluding tert-OH is 1. The second-order valence-corrected chi connectivity index (χ2v) is 15.0. The number of phosphoric ester groups is 1. The van der Waals surface area contributed by atoms with Crippen LogP contribution in [0.3, 0.4) is 0 Å². The van der Waals surface area contributed by atoms with Gasteiger partial charge in [0.15, 0.2) is 6.10 Å². The van der Waals surface area contributed by atoms with Crippen molar-refractivity contribution in [3.05, 3.63) is 0 Å². The Morgan fingerprint density at radius 1 is 0.596 bits per heavy atom. The van der Waals surface area contributed by atoms with Crippen LogP contribution in [0.1, 0.15) is 182 Å². The van der Waals surface area contributed by atoms with Crippen molar-refractivity contribution in [3.8, 4) is 0 Å². The number of hydrogen-bond acceptors (Lipinski definition) is 9. The fourth-order valence-corrected chi connectivity index (χ4v) is 5.83. The van der Waals surface area contributed by atoms with Crippen molar-refractivity contribution >= 4 is 19.8 Å². The summed E-state index contributed by atoms with van der Waals surface area (Å²) in [5.74, 6) is -0.925. The van der Waals surface area contributed by atoms with Crippen LogP contribution in [0.25, 0.3) is 0 Å². The molecule has 3 atom stereocenters.